The number of benzene rings is 1. The third-order valence-corrected chi connectivity index (χ3v) is 7.75. The maximum atomic E-state index is 13.2. The summed E-state index contributed by atoms with van der Waals surface area (Å²) in [4.78, 5) is 30.5. The lowest BCUT2D eigenvalue weighted by Crippen LogP contribution is -2.23. The first-order chi connectivity index (χ1) is 17.4. The fraction of sp³-hybridized carbons (Fsp3) is 0.250. The molecule has 4 aromatic rings. The lowest BCUT2D eigenvalue weighted by atomic mass is 9.95. The number of fused-ring (bicyclic) bond motifs is 1. The summed E-state index contributed by atoms with van der Waals surface area (Å²) < 4.78 is 7.43. The molecule has 0 saturated heterocycles. The number of aryl methyl sites for hydroxylation is 2. The van der Waals surface area contributed by atoms with Gasteiger partial charge in [0.2, 0.25) is 0 Å². The van der Waals surface area contributed by atoms with E-state index in [-0.39, 0.29) is 11.5 Å². The van der Waals surface area contributed by atoms with Crippen LogP contribution in [0, 0.1) is 13.8 Å². The molecule has 8 heteroatoms. The van der Waals surface area contributed by atoms with Crippen LogP contribution in [0.4, 0.5) is 5.00 Å². The van der Waals surface area contributed by atoms with E-state index in [2.05, 4.69) is 9.88 Å². The molecule has 1 aliphatic rings. The molecule has 1 aliphatic carbocycles. The van der Waals surface area contributed by atoms with E-state index >= 15 is 0 Å². The number of nitrogens with one attached hydrogen (secondary N) is 1. The van der Waals surface area contributed by atoms with Gasteiger partial charge in [-0.3, -0.25) is 4.79 Å². The molecule has 7 nitrogen and oxygen atoms in total. The Hall–Kier alpha value is -3.91. The second-order valence-electron chi connectivity index (χ2n) is 8.93. The number of carbonyl (C=O) groups is 2. The van der Waals surface area contributed by atoms with Crippen LogP contribution in [-0.2, 0) is 19.4 Å². The Bertz CT molecular complexity index is 1440. The standard InChI is InChI=1S/C28H27N3O4S/c1-17-14-20(18(2)31(17)21-11-9-19(10-12-21)28(33)34)15-30-27-25(23-7-3-4-8-24(23)36-27)26(32)29-16-22-6-5-13-35-22/h5-6,9-15H,3-4,7-8,16H2,1-2H3,(H,29,32)(H,33,34). The number of aromatic nitrogens is 1. The van der Waals surface area contributed by atoms with Crippen molar-refractivity contribution in [2.45, 2.75) is 46.1 Å². The van der Waals surface area contributed by atoms with Crippen LogP contribution in [0.1, 0.15) is 66.7 Å². The second-order valence-corrected chi connectivity index (χ2v) is 10.0. The molecule has 1 aromatic carbocycles. The molecule has 5 rings (SSSR count). The highest BCUT2D eigenvalue weighted by atomic mass is 32.1. The molecule has 0 radical (unpaired) electrons. The summed E-state index contributed by atoms with van der Waals surface area (Å²) in [6.45, 7) is 4.35. The molecule has 0 saturated carbocycles. The maximum Gasteiger partial charge on any atom is 0.335 e. The van der Waals surface area contributed by atoms with Crippen LogP contribution < -0.4 is 5.32 Å². The Labute approximate surface area is 213 Å². The number of nitrogens with zero attached hydrogens (tertiary/aromatic N) is 2. The highest BCUT2D eigenvalue weighted by molar-refractivity contribution is 7.16. The van der Waals surface area contributed by atoms with Crippen LogP contribution in [0.15, 0.2) is 58.1 Å². The number of carboxylic acids is 1. The van der Waals surface area contributed by atoms with Crippen molar-refractivity contribution < 1.29 is 19.1 Å². The van der Waals surface area contributed by atoms with Crippen LogP contribution in [0.25, 0.3) is 5.69 Å². The van der Waals surface area contributed by atoms with Gasteiger partial charge >= 0.3 is 5.97 Å². The minimum atomic E-state index is -0.946. The van der Waals surface area contributed by atoms with Gasteiger partial charge in [-0.05, 0) is 87.6 Å². The van der Waals surface area contributed by atoms with Gasteiger partial charge in [-0.2, -0.15) is 0 Å². The van der Waals surface area contributed by atoms with Crippen LogP contribution in [0.2, 0.25) is 0 Å². The number of thiophene rings is 1. The van der Waals surface area contributed by atoms with Gasteiger partial charge in [0.15, 0.2) is 0 Å². The lowest BCUT2D eigenvalue weighted by Gasteiger charge is -2.12. The van der Waals surface area contributed by atoms with Crippen LogP contribution in [-0.4, -0.2) is 27.8 Å². The fourth-order valence-corrected chi connectivity index (χ4v) is 5.97. The van der Waals surface area contributed by atoms with Crippen molar-refractivity contribution in [1.29, 1.82) is 0 Å². The number of aliphatic imine (C=N–C) groups is 1. The number of furan rings is 1. The third-order valence-electron chi connectivity index (χ3n) is 6.55. The van der Waals surface area contributed by atoms with E-state index in [4.69, 9.17) is 9.41 Å². The minimum absolute atomic E-state index is 0.123. The molecule has 2 N–H and O–H groups in total. The average molecular weight is 502 g/mol. The number of rotatable bonds is 7. The normalized spacial score (nSPS) is 13.2. The van der Waals surface area contributed by atoms with Crippen LogP contribution in [0.3, 0.4) is 0 Å². The monoisotopic (exact) mass is 501 g/mol. The Balaban J connectivity index is 1.44. The zero-order valence-electron chi connectivity index (χ0n) is 20.2. The molecule has 3 aromatic heterocycles. The zero-order valence-corrected chi connectivity index (χ0v) is 21.0. The van der Waals surface area contributed by atoms with Gasteiger partial charge in [0.25, 0.3) is 5.91 Å². The van der Waals surface area contributed by atoms with E-state index < -0.39 is 5.97 Å². The van der Waals surface area contributed by atoms with E-state index in [0.717, 1.165) is 58.9 Å². The highest BCUT2D eigenvalue weighted by Crippen LogP contribution is 2.40. The van der Waals surface area contributed by atoms with E-state index in [9.17, 15) is 14.7 Å². The average Bonchev–Trinajstić information content (AvgIpc) is 3.59. The summed E-state index contributed by atoms with van der Waals surface area (Å²) in [5.41, 5.74) is 5.89. The molecule has 0 spiro atoms. The quantitative estimate of drug-likeness (QED) is 0.303. The first kappa shape index (κ1) is 23.8. The largest absolute Gasteiger partial charge is 0.478 e. The van der Waals surface area contributed by atoms with E-state index in [0.29, 0.717) is 17.9 Å². The Morgan fingerprint density at radius 3 is 2.67 bits per heavy atom. The molecule has 0 unspecified atom stereocenters. The Morgan fingerprint density at radius 1 is 1.17 bits per heavy atom. The number of hydrogen-bond donors (Lipinski definition) is 2. The predicted octanol–water partition coefficient (Wildman–Crippen LogP) is 6.01. The zero-order chi connectivity index (χ0) is 25.2. The molecule has 1 amide bonds. The third kappa shape index (κ3) is 4.64. The second kappa shape index (κ2) is 9.99. The maximum absolute atomic E-state index is 13.2. The van der Waals surface area contributed by atoms with Crippen molar-refractivity contribution in [3.8, 4) is 5.69 Å². The first-order valence-corrected chi connectivity index (χ1v) is 12.8. The summed E-state index contributed by atoms with van der Waals surface area (Å²) in [6, 6.07) is 12.5. The molecular weight excluding hydrogens is 474 g/mol. The molecule has 184 valence electrons. The Morgan fingerprint density at radius 2 is 1.94 bits per heavy atom. The Kier molecular flexibility index (Phi) is 6.61. The van der Waals surface area contributed by atoms with Gasteiger partial charge < -0.3 is 19.4 Å². The first-order valence-electron chi connectivity index (χ1n) is 11.9. The van der Waals surface area contributed by atoms with Crippen LogP contribution in [0.5, 0.6) is 0 Å². The van der Waals surface area contributed by atoms with Gasteiger partial charge in [0, 0.05) is 33.7 Å². The van der Waals surface area contributed by atoms with Gasteiger partial charge in [0.05, 0.1) is 23.9 Å². The van der Waals surface area contributed by atoms with Gasteiger partial charge in [-0.1, -0.05) is 0 Å². The molecule has 0 atom stereocenters. The van der Waals surface area contributed by atoms with Crippen LogP contribution >= 0.6 is 11.3 Å². The van der Waals surface area contributed by atoms with Crippen molar-refractivity contribution in [3.63, 3.8) is 0 Å². The molecule has 36 heavy (non-hydrogen) atoms. The van der Waals surface area contributed by atoms with E-state index in [1.807, 2.05) is 32.2 Å². The number of amides is 1. The van der Waals surface area contributed by atoms with Crippen molar-refractivity contribution in [2.75, 3.05) is 0 Å². The van der Waals surface area contributed by atoms with Gasteiger partial charge in [-0.25, -0.2) is 9.79 Å². The van der Waals surface area contributed by atoms with Gasteiger partial charge in [0.1, 0.15) is 10.8 Å². The molecular formula is C28H27N3O4S. The van der Waals surface area contributed by atoms with Crippen molar-refractivity contribution in [1.82, 2.24) is 9.88 Å². The number of hydrogen-bond acceptors (Lipinski definition) is 5. The minimum Gasteiger partial charge on any atom is -0.478 e. The summed E-state index contributed by atoms with van der Waals surface area (Å²) >= 11 is 1.61. The van der Waals surface area contributed by atoms with Crippen molar-refractivity contribution >= 4 is 34.4 Å². The van der Waals surface area contributed by atoms with E-state index in [1.165, 1.54) is 4.88 Å². The summed E-state index contributed by atoms with van der Waals surface area (Å²) in [6.07, 6.45) is 7.51. The fourth-order valence-electron chi connectivity index (χ4n) is 4.74. The SMILES string of the molecule is Cc1cc(C=Nc2sc3c(c2C(=O)NCc2ccco2)CCCC3)c(C)n1-c1ccc(C(=O)O)cc1. The van der Waals surface area contributed by atoms with Crippen molar-refractivity contribution in [3.05, 3.63) is 93.0 Å². The summed E-state index contributed by atoms with van der Waals surface area (Å²) in [5.74, 6) is -0.360. The molecule has 0 fully saturated rings. The van der Waals surface area contributed by atoms with Gasteiger partial charge in [-0.15, -0.1) is 11.3 Å². The molecule has 3 heterocycles. The predicted molar refractivity (Wildman–Crippen MR) is 140 cm³/mol. The summed E-state index contributed by atoms with van der Waals surface area (Å²) in [5, 5.41) is 12.9. The van der Waals surface area contributed by atoms with Crippen molar-refractivity contribution in [2.24, 2.45) is 4.99 Å². The lowest BCUT2D eigenvalue weighted by molar-refractivity contribution is 0.0696. The highest BCUT2D eigenvalue weighted by Gasteiger charge is 2.25. The number of carbonyl (C=O) groups excluding carboxylic acids is 1. The van der Waals surface area contributed by atoms with E-state index in [1.54, 1.807) is 47.9 Å². The molecule has 0 aliphatic heterocycles. The topological polar surface area (TPSA) is 96.8 Å². The number of aromatic carboxylic acids is 1. The smallest absolute Gasteiger partial charge is 0.335 e. The molecule has 0 bridgehead atoms. The number of carboxylic acid groups (broad SMARTS) is 1. The summed E-state index contributed by atoms with van der Waals surface area (Å²) in [7, 11) is 0.